The molecule has 3 aromatic carbocycles. The molecule has 0 aromatic heterocycles. The lowest BCUT2D eigenvalue weighted by Gasteiger charge is -2.24. The number of hydrogen-bond donors (Lipinski definition) is 0. The van der Waals surface area contributed by atoms with E-state index in [4.69, 9.17) is 4.74 Å². The number of para-hydroxylation sites is 1. The highest BCUT2D eigenvalue weighted by molar-refractivity contribution is 8.01. The first-order valence-corrected chi connectivity index (χ1v) is 14.0. The van der Waals surface area contributed by atoms with Gasteiger partial charge in [0.15, 0.2) is 0 Å². The maximum atomic E-state index is 13.3. The average molecular weight is 488 g/mol. The van der Waals surface area contributed by atoms with Crippen LogP contribution in [0.3, 0.4) is 0 Å². The first-order valence-electron chi connectivity index (χ1n) is 13.1. The van der Waals surface area contributed by atoms with Crippen LogP contribution in [0.2, 0.25) is 0 Å². The lowest BCUT2D eigenvalue weighted by atomic mass is 10.1. The van der Waals surface area contributed by atoms with E-state index in [0.717, 1.165) is 62.1 Å². The Kier molecular flexibility index (Phi) is 9.71. The fourth-order valence-corrected chi connectivity index (χ4v) is 6.15. The summed E-state index contributed by atoms with van der Waals surface area (Å²) in [6, 6.07) is 28.8. The molecule has 3 aromatic rings. The molecule has 1 aliphatic rings. The van der Waals surface area contributed by atoms with Gasteiger partial charge in [0, 0.05) is 6.54 Å². The number of hydrogen-bond acceptors (Lipinski definition) is 3. The van der Waals surface area contributed by atoms with Crippen molar-refractivity contribution in [2.24, 2.45) is 0 Å². The fraction of sp³-hybridized carbons (Fsp3) is 0.387. The molecule has 184 valence electrons. The minimum absolute atomic E-state index is 0.0630. The first-order chi connectivity index (χ1) is 17.2. The van der Waals surface area contributed by atoms with Crippen molar-refractivity contribution in [1.29, 1.82) is 0 Å². The fourth-order valence-electron chi connectivity index (χ4n) is 4.62. The first kappa shape index (κ1) is 25.4. The van der Waals surface area contributed by atoms with Gasteiger partial charge in [-0.3, -0.25) is 4.79 Å². The second kappa shape index (κ2) is 13.4. The number of unbranched alkanes of at least 4 members (excludes halogenated alkanes) is 4. The molecule has 2 unspecified atom stereocenters. The summed E-state index contributed by atoms with van der Waals surface area (Å²) in [4.78, 5) is 15.5. The number of carbonyl (C=O) groups excluding carboxylic acids is 1. The molecule has 1 saturated heterocycles. The second-order valence-electron chi connectivity index (χ2n) is 9.29. The second-order valence-corrected chi connectivity index (χ2v) is 10.6. The molecule has 0 spiro atoms. The minimum Gasteiger partial charge on any atom is -0.457 e. The van der Waals surface area contributed by atoms with Crippen molar-refractivity contribution in [3.8, 4) is 11.5 Å². The van der Waals surface area contributed by atoms with E-state index in [-0.39, 0.29) is 10.6 Å². The van der Waals surface area contributed by atoms with E-state index >= 15 is 0 Å². The summed E-state index contributed by atoms with van der Waals surface area (Å²) in [5.74, 6) is 1.96. The Hall–Kier alpha value is -2.72. The third-order valence-electron chi connectivity index (χ3n) is 6.53. The molecule has 4 rings (SSSR count). The molecular formula is C31H37NO2S. The van der Waals surface area contributed by atoms with Gasteiger partial charge in [0.05, 0.1) is 5.25 Å². The smallest absolute Gasteiger partial charge is 0.236 e. The topological polar surface area (TPSA) is 29.5 Å². The number of rotatable bonds is 13. The van der Waals surface area contributed by atoms with Gasteiger partial charge in [0.2, 0.25) is 5.91 Å². The van der Waals surface area contributed by atoms with Crippen LogP contribution in [0.25, 0.3) is 0 Å². The number of carbonyl (C=O) groups is 1. The van der Waals surface area contributed by atoms with E-state index in [0.29, 0.717) is 5.91 Å². The molecule has 1 amide bonds. The molecule has 0 aliphatic carbocycles. The maximum Gasteiger partial charge on any atom is 0.236 e. The highest BCUT2D eigenvalue weighted by atomic mass is 32.2. The van der Waals surface area contributed by atoms with Gasteiger partial charge in [0.1, 0.15) is 16.9 Å². The molecule has 1 aliphatic heterocycles. The normalized spacial score (nSPS) is 17.6. The van der Waals surface area contributed by atoms with E-state index in [1.54, 1.807) is 0 Å². The van der Waals surface area contributed by atoms with Crippen molar-refractivity contribution in [2.75, 3.05) is 6.54 Å². The van der Waals surface area contributed by atoms with Gasteiger partial charge >= 0.3 is 0 Å². The molecule has 0 bridgehead atoms. The van der Waals surface area contributed by atoms with Crippen molar-refractivity contribution >= 4 is 17.7 Å². The molecule has 3 nitrogen and oxygen atoms in total. The largest absolute Gasteiger partial charge is 0.457 e. The summed E-state index contributed by atoms with van der Waals surface area (Å²) < 4.78 is 6.08. The van der Waals surface area contributed by atoms with Gasteiger partial charge < -0.3 is 9.64 Å². The number of aryl methyl sites for hydroxylation is 1. The standard InChI is InChI=1S/C31H37NO2S/c1-2-3-22-29-30(33)32(23-13-5-4-8-15-25-16-9-6-10-17-25)31(35-29)26-18-14-21-28(24-26)34-27-19-11-7-12-20-27/h6-7,9-12,14,16-21,24,29,31H,2-5,8,13,15,22-23H2,1H3. The van der Waals surface area contributed by atoms with E-state index in [1.807, 2.05) is 54.2 Å². The minimum atomic E-state index is 0.0630. The summed E-state index contributed by atoms with van der Waals surface area (Å²) in [5.41, 5.74) is 2.56. The van der Waals surface area contributed by atoms with Crippen LogP contribution in [0.5, 0.6) is 11.5 Å². The van der Waals surface area contributed by atoms with Gasteiger partial charge in [0.25, 0.3) is 0 Å². The Morgan fingerprint density at radius 1 is 0.800 bits per heavy atom. The third kappa shape index (κ3) is 7.38. The summed E-state index contributed by atoms with van der Waals surface area (Å²) in [6.07, 6.45) is 8.93. The summed E-state index contributed by atoms with van der Waals surface area (Å²) >= 11 is 1.82. The van der Waals surface area contributed by atoms with Gasteiger partial charge in [-0.05, 0) is 61.1 Å². The molecule has 4 heteroatoms. The molecular weight excluding hydrogens is 450 g/mol. The van der Waals surface area contributed by atoms with E-state index in [2.05, 4.69) is 54.3 Å². The van der Waals surface area contributed by atoms with Crippen LogP contribution in [0.4, 0.5) is 0 Å². The van der Waals surface area contributed by atoms with Crippen LogP contribution < -0.4 is 4.74 Å². The van der Waals surface area contributed by atoms with E-state index in [1.165, 1.54) is 18.4 Å². The predicted octanol–water partition coefficient (Wildman–Crippen LogP) is 8.41. The predicted molar refractivity (Wildman–Crippen MR) is 147 cm³/mol. The molecule has 0 saturated carbocycles. The van der Waals surface area contributed by atoms with Crippen molar-refractivity contribution in [1.82, 2.24) is 4.90 Å². The van der Waals surface area contributed by atoms with Crippen LogP contribution >= 0.6 is 11.8 Å². The lowest BCUT2D eigenvalue weighted by Crippen LogP contribution is -2.32. The Morgan fingerprint density at radius 3 is 2.29 bits per heavy atom. The summed E-state index contributed by atoms with van der Waals surface area (Å²) in [7, 11) is 0. The number of thioether (sulfide) groups is 1. The van der Waals surface area contributed by atoms with Crippen LogP contribution in [0.1, 0.15) is 68.4 Å². The monoisotopic (exact) mass is 487 g/mol. The van der Waals surface area contributed by atoms with Gasteiger partial charge in [-0.1, -0.05) is 93.3 Å². The quantitative estimate of drug-likeness (QED) is 0.227. The van der Waals surface area contributed by atoms with Crippen LogP contribution in [0.15, 0.2) is 84.9 Å². The van der Waals surface area contributed by atoms with E-state index < -0.39 is 0 Å². The lowest BCUT2D eigenvalue weighted by molar-refractivity contribution is -0.130. The van der Waals surface area contributed by atoms with Crippen LogP contribution in [-0.2, 0) is 11.2 Å². The van der Waals surface area contributed by atoms with E-state index in [9.17, 15) is 4.79 Å². The average Bonchev–Trinajstić information content (AvgIpc) is 3.21. The van der Waals surface area contributed by atoms with Crippen LogP contribution in [-0.4, -0.2) is 22.6 Å². The number of nitrogens with zero attached hydrogens (tertiary/aromatic N) is 1. The van der Waals surface area contributed by atoms with Gasteiger partial charge in [-0.2, -0.15) is 0 Å². The Bertz CT molecular complexity index is 1040. The molecule has 0 N–H and O–H groups in total. The zero-order valence-electron chi connectivity index (χ0n) is 20.8. The highest BCUT2D eigenvalue weighted by Crippen LogP contribution is 2.45. The van der Waals surface area contributed by atoms with Crippen molar-refractivity contribution in [2.45, 2.75) is 68.9 Å². The number of ether oxygens (including phenoxy) is 1. The summed E-state index contributed by atoms with van der Waals surface area (Å²) in [6.45, 7) is 3.02. The third-order valence-corrected chi connectivity index (χ3v) is 8.08. The van der Waals surface area contributed by atoms with Crippen LogP contribution in [0, 0.1) is 0 Å². The molecule has 1 heterocycles. The molecule has 0 radical (unpaired) electrons. The number of benzene rings is 3. The molecule has 1 fully saturated rings. The zero-order chi connectivity index (χ0) is 24.3. The van der Waals surface area contributed by atoms with Crippen molar-refractivity contribution in [3.63, 3.8) is 0 Å². The zero-order valence-corrected chi connectivity index (χ0v) is 21.6. The Labute approximate surface area is 214 Å². The van der Waals surface area contributed by atoms with Gasteiger partial charge in [-0.15, -0.1) is 11.8 Å². The Balaban J connectivity index is 1.36. The van der Waals surface area contributed by atoms with Gasteiger partial charge in [-0.25, -0.2) is 0 Å². The molecule has 35 heavy (non-hydrogen) atoms. The Morgan fingerprint density at radius 2 is 1.51 bits per heavy atom. The van der Waals surface area contributed by atoms with Crippen molar-refractivity contribution < 1.29 is 9.53 Å². The number of amides is 1. The summed E-state index contributed by atoms with van der Waals surface area (Å²) in [5, 5.41) is 0.129. The SMILES string of the molecule is CCCCC1SC(c2cccc(Oc3ccccc3)c2)N(CCCCCCc2ccccc2)C1=O. The molecule has 2 atom stereocenters. The highest BCUT2D eigenvalue weighted by Gasteiger charge is 2.40. The maximum absolute atomic E-state index is 13.3. The van der Waals surface area contributed by atoms with Crippen molar-refractivity contribution in [3.05, 3.63) is 96.1 Å².